The first-order valence-electron chi connectivity index (χ1n) is 5.66. The minimum Gasteiger partial charge on any atom is -0.466 e. The number of nitrogens with zero attached hydrogens (tertiary/aromatic N) is 2. The molecule has 0 saturated carbocycles. The SMILES string of the molecule is CCOC(=O)CCN1C(=O)c2cccnc2S1(=O)=O. The first kappa shape index (κ1) is 13.5. The highest BCUT2D eigenvalue weighted by atomic mass is 32.2. The Hall–Kier alpha value is -1.96. The number of rotatable bonds is 4. The molecule has 0 aliphatic carbocycles. The molecule has 1 aromatic heterocycles. The second-order valence-electron chi connectivity index (χ2n) is 3.79. The van der Waals surface area contributed by atoms with Crippen LogP contribution >= 0.6 is 0 Å². The maximum Gasteiger partial charge on any atom is 0.307 e. The maximum absolute atomic E-state index is 12.1. The number of hydrogen-bond donors (Lipinski definition) is 0. The molecular formula is C11H12N2O5S. The lowest BCUT2D eigenvalue weighted by molar-refractivity contribution is -0.143. The highest BCUT2D eigenvalue weighted by molar-refractivity contribution is 7.90. The van der Waals surface area contributed by atoms with Gasteiger partial charge in [-0.2, -0.15) is 8.42 Å². The van der Waals surface area contributed by atoms with Gasteiger partial charge in [-0.3, -0.25) is 9.59 Å². The van der Waals surface area contributed by atoms with Gasteiger partial charge in [0.25, 0.3) is 15.9 Å². The van der Waals surface area contributed by atoms with Crippen LogP contribution in [0.1, 0.15) is 23.7 Å². The number of ether oxygens (including phenoxy) is 1. The predicted molar refractivity (Wildman–Crippen MR) is 63.7 cm³/mol. The van der Waals surface area contributed by atoms with E-state index in [9.17, 15) is 18.0 Å². The Morgan fingerprint density at radius 2 is 2.21 bits per heavy atom. The summed E-state index contributed by atoms with van der Waals surface area (Å²) in [6.07, 6.45) is 1.13. The van der Waals surface area contributed by atoms with E-state index in [2.05, 4.69) is 4.98 Å². The second kappa shape index (κ2) is 4.96. The van der Waals surface area contributed by atoms with Crippen LogP contribution in [-0.2, 0) is 19.6 Å². The fourth-order valence-electron chi connectivity index (χ4n) is 1.75. The van der Waals surface area contributed by atoms with Crippen LogP contribution in [-0.4, -0.2) is 42.7 Å². The first-order chi connectivity index (χ1) is 8.98. The Morgan fingerprint density at radius 3 is 2.84 bits per heavy atom. The molecule has 8 heteroatoms. The van der Waals surface area contributed by atoms with Gasteiger partial charge >= 0.3 is 5.97 Å². The molecule has 0 atom stereocenters. The lowest BCUT2D eigenvalue weighted by Crippen LogP contribution is -2.32. The monoisotopic (exact) mass is 284 g/mol. The van der Waals surface area contributed by atoms with E-state index in [0.29, 0.717) is 4.31 Å². The number of carbonyl (C=O) groups is 2. The van der Waals surface area contributed by atoms with Gasteiger partial charge in [0.2, 0.25) is 0 Å². The van der Waals surface area contributed by atoms with Crippen LogP contribution in [0.15, 0.2) is 23.4 Å². The average Bonchev–Trinajstić information content (AvgIpc) is 2.57. The van der Waals surface area contributed by atoms with Crippen molar-refractivity contribution < 1.29 is 22.7 Å². The number of aromatic nitrogens is 1. The topological polar surface area (TPSA) is 93.6 Å². The van der Waals surface area contributed by atoms with E-state index in [1.54, 1.807) is 6.92 Å². The van der Waals surface area contributed by atoms with Gasteiger partial charge < -0.3 is 4.74 Å². The standard InChI is InChI=1S/C11H12N2O5S/c1-2-18-9(14)5-7-13-11(15)8-4-3-6-12-10(8)19(13,16)17/h3-4,6H,2,5,7H2,1H3. The molecule has 7 nitrogen and oxygen atoms in total. The van der Waals surface area contributed by atoms with Crippen molar-refractivity contribution in [1.29, 1.82) is 0 Å². The third-order valence-corrected chi connectivity index (χ3v) is 4.33. The molecule has 0 saturated heterocycles. The molecule has 0 N–H and O–H groups in total. The van der Waals surface area contributed by atoms with Crippen molar-refractivity contribution in [2.24, 2.45) is 0 Å². The zero-order valence-electron chi connectivity index (χ0n) is 10.2. The summed E-state index contributed by atoms with van der Waals surface area (Å²) >= 11 is 0. The van der Waals surface area contributed by atoms with Crippen LogP contribution in [0, 0.1) is 0 Å². The molecule has 19 heavy (non-hydrogen) atoms. The van der Waals surface area contributed by atoms with Crippen molar-refractivity contribution in [3.8, 4) is 0 Å². The fraction of sp³-hybridized carbons (Fsp3) is 0.364. The minimum absolute atomic E-state index is 0.0337. The van der Waals surface area contributed by atoms with Gasteiger partial charge in [-0.1, -0.05) is 0 Å². The molecule has 2 heterocycles. The summed E-state index contributed by atoms with van der Waals surface area (Å²) in [5, 5.41) is -0.260. The summed E-state index contributed by atoms with van der Waals surface area (Å²) in [5.74, 6) is -1.21. The second-order valence-corrected chi connectivity index (χ2v) is 5.57. The molecule has 102 valence electrons. The molecule has 2 rings (SSSR count). The Balaban J connectivity index is 2.21. The summed E-state index contributed by atoms with van der Waals surface area (Å²) in [6, 6.07) is 2.88. The zero-order chi connectivity index (χ0) is 14.0. The van der Waals surface area contributed by atoms with Gasteiger partial charge in [-0.15, -0.1) is 0 Å². The summed E-state index contributed by atoms with van der Waals surface area (Å²) in [7, 11) is -3.94. The summed E-state index contributed by atoms with van der Waals surface area (Å²) in [4.78, 5) is 26.9. The van der Waals surface area contributed by atoms with Gasteiger partial charge in [0.05, 0.1) is 18.6 Å². The van der Waals surface area contributed by atoms with Crippen LogP contribution < -0.4 is 0 Å². The van der Waals surface area contributed by atoms with E-state index in [-0.39, 0.29) is 30.2 Å². The van der Waals surface area contributed by atoms with Crippen molar-refractivity contribution in [2.75, 3.05) is 13.2 Å². The van der Waals surface area contributed by atoms with Gasteiger partial charge in [0.15, 0.2) is 5.03 Å². The predicted octanol–water partition coefficient (Wildman–Crippen LogP) is 0.179. The normalized spacial score (nSPS) is 16.3. The molecule has 1 amide bonds. The van der Waals surface area contributed by atoms with Crippen molar-refractivity contribution in [3.63, 3.8) is 0 Å². The van der Waals surface area contributed by atoms with E-state index in [1.165, 1.54) is 18.3 Å². The zero-order valence-corrected chi connectivity index (χ0v) is 11.0. The molecule has 0 bridgehead atoms. The Labute approximate surface area is 110 Å². The Bertz CT molecular complexity index is 626. The quantitative estimate of drug-likeness (QED) is 0.732. The van der Waals surface area contributed by atoms with Gasteiger partial charge in [0, 0.05) is 12.7 Å². The lowest BCUT2D eigenvalue weighted by Gasteiger charge is -2.13. The van der Waals surface area contributed by atoms with Gasteiger partial charge in [-0.05, 0) is 19.1 Å². The Kier molecular flexibility index (Phi) is 3.52. The van der Waals surface area contributed by atoms with Gasteiger partial charge in [0.1, 0.15) is 0 Å². The van der Waals surface area contributed by atoms with Crippen molar-refractivity contribution in [1.82, 2.24) is 9.29 Å². The molecular weight excluding hydrogens is 272 g/mol. The first-order valence-corrected chi connectivity index (χ1v) is 7.10. The van der Waals surface area contributed by atoms with E-state index in [4.69, 9.17) is 4.74 Å². The number of amides is 1. The van der Waals surface area contributed by atoms with Crippen LogP contribution in [0.2, 0.25) is 0 Å². The Morgan fingerprint density at radius 1 is 1.47 bits per heavy atom. The molecule has 0 fully saturated rings. The van der Waals surface area contributed by atoms with Crippen LogP contribution in [0.4, 0.5) is 0 Å². The molecule has 1 aliphatic rings. The summed E-state index contributed by atoms with van der Waals surface area (Å²) in [6.45, 7) is 1.62. The van der Waals surface area contributed by atoms with Crippen molar-refractivity contribution in [2.45, 2.75) is 18.4 Å². The third kappa shape index (κ3) is 2.30. The summed E-state index contributed by atoms with van der Waals surface area (Å²) in [5.41, 5.74) is 0.0337. The van der Waals surface area contributed by atoms with Gasteiger partial charge in [-0.25, -0.2) is 9.29 Å². The molecule has 0 unspecified atom stereocenters. The average molecular weight is 284 g/mol. The number of hydrogen-bond acceptors (Lipinski definition) is 6. The van der Waals surface area contributed by atoms with Crippen molar-refractivity contribution in [3.05, 3.63) is 23.9 Å². The lowest BCUT2D eigenvalue weighted by atomic mass is 10.2. The van der Waals surface area contributed by atoms with Crippen molar-refractivity contribution >= 4 is 21.9 Å². The number of carbonyl (C=O) groups excluding carboxylic acids is 2. The molecule has 0 spiro atoms. The number of esters is 1. The summed E-state index contributed by atoms with van der Waals surface area (Å²) < 4.78 is 29.5. The molecule has 1 aliphatic heterocycles. The van der Waals surface area contributed by atoms with E-state index >= 15 is 0 Å². The highest BCUT2D eigenvalue weighted by Gasteiger charge is 2.42. The highest BCUT2D eigenvalue weighted by Crippen LogP contribution is 2.27. The smallest absolute Gasteiger partial charge is 0.307 e. The maximum atomic E-state index is 12.1. The number of sulfonamides is 1. The van der Waals surface area contributed by atoms with E-state index in [1.807, 2.05) is 0 Å². The third-order valence-electron chi connectivity index (χ3n) is 2.59. The molecule has 1 aromatic rings. The minimum atomic E-state index is -3.94. The van der Waals surface area contributed by atoms with Crippen LogP contribution in [0.25, 0.3) is 0 Å². The number of fused-ring (bicyclic) bond motifs is 1. The molecule has 0 radical (unpaired) electrons. The fourth-order valence-corrected chi connectivity index (χ4v) is 3.24. The van der Waals surface area contributed by atoms with E-state index < -0.39 is 21.9 Å². The molecule has 0 aromatic carbocycles. The van der Waals surface area contributed by atoms with Crippen LogP contribution in [0.3, 0.4) is 0 Å². The van der Waals surface area contributed by atoms with E-state index in [0.717, 1.165) is 0 Å². The van der Waals surface area contributed by atoms with Crippen LogP contribution in [0.5, 0.6) is 0 Å². The number of pyridine rings is 1. The largest absolute Gasteiger partial charge is 0.466 e.